The van der Waals surface area contributed by atoms with Crippen LogP contribution < -0.4 is 0 Å². The Morgan fingerprint density at radius 1 is 1.14 bits per heavy atom. The van der Waals surface area contributed by atoms with Gasteiger partial charge in [0.2, 0.25) is 0 Å². The van der Waals surface area contributed by atoms with E-state index in [1.807, 2.05) is 11.0 Å². The molecule has 1 N–H and O–H groups in total. The lowest BCUT2D eigenvalue weighted by Crippen LogP contribution is -2.45. The van der Waals surface area contributed by atoms with Crippen LogP contribution in [0, 0.1) is 5.92 Å². The topological polar surface area (TPSA) is 53.7 Å². The van der Waals surface area contributed by atoms with Gasteiger partial charge in [-0.3, -0.25) is 4.79 Å². The molecule has 3 atom stereocenters. The number of hydrogen-bond donors (Lipinski definition) is 1. The minimum Gasteiger partial charge on any atom is -0.468 e. The van der Waals surface area contributed by atoms with Crippen LogP contribution in [0.25, 0.3) is 0 Å². The molecule has 22 heavy (non-hydrogen) atoms. The first kappa shape index (κ1) is 14.3. The molecule has 120 valence electrons. The van der Waals surface area contributed by atoms with Gasteiger partial charge >= 0.3 is 0 Å². The molecule has 4 rings (SSSR count). The Morgan fingerprint density at radius 3 is 2.73 bits per heavy atom. The number of aliphatic hydroxyl groups is 1. The van der Waals surface area contributed by atoms with E-state index in [4.69, 9.17) is 4.42 Å². The van der Waals surface area contributed by atoms with Crippen LogP contribution in [0.4, 0.5) is 0 Å². The summed E-state index contributed by atoms with van der Waals surface area (Å²) in [5.74, 6) is 1.72. The molecule has 1 aromatic rings. The van der Waals surface area contributed by atoms with E-state index in [1.54, 1.807) is 6.26 Å². The zero-order valence-electron chi connectivity index (χ0n) is 13.0. The third-order valence-corrected chi connectivity index (χ3v) is 5.71. The summed E-state index contributed by atoms with van der Waals surface area (Å²) in [7, 11) is 0. The van der Waals surface area contributed by atoms with E-state index in [-0.39, 0.29) is 24.0 Å². The molecule has 0 spiro atoms. The van der Waals surface area contributed by atoms with Gasteiger partial charge < -0.3 is 14.4 Å². The number of likely N-dealkylation sites (tertiary alicyclic amines) is 1. The maximum Gasteiger partial charge on any atom is 0.257 e. The number of aliphatic hydroxyl groups excluding tert-OH is 1. The second kappa shape index (κ2) is 5.73. The van der Waals surface area contributed by atoms with Crippen molar-refractivity contribution in [1.82, 2.24) is 4.90 Å². The first-order chi connectivity index (χ1) is 10.8. The zero-order valence-corrected chi connectivity index (χ0v) is 13.0. The Labute approximate surface area is 131 Å². The summed E-state index contributed by atoms with van der Waals surface area (Å²) < 4.78 is 5.57. The molecule has 0 radical (unpaired) electrons. The summed E-state index contributed by atoms with van der Waals surface area (Å²) in [5.41, 5.74) is 0.764. The van der Waals surface area contributed by atoms with Crippen molar-refractivity contribution in [2.45, 2.75) is 69.4 Å². The first-order valence-corrected chi connectivity index (χ1v) is 8.82. The Morgan fingerprint density at radius 2 is 1.95 bits per heavy atom. The van der Waals surface area contributed by atoms with Crippen molar-refractivity contribution >= 4 is 5.91 Å². The lowest BCUT2D eigenvalue weighted by atomic mass is 9.80. The van der Waals surface area contributed by atoms with Crippen molar-refractivity contribution in [2.75, 3.05) is 6.54 Å². The number of furan rings is 1. The molecule has 4 heteroatoms. The average Bonchev–Trinajstić information content (AvgIpc) is 3.07. The third-order valence-electron chi connectivity index (χ3n) is 5.71. The van der Waals surface area contributed by atoms with Gasteiger partial charge in [0.05, 0.1) is 17.9 Å². The van der Waals surface area contributed by atoms with Gasteiger partial charge in [-0.15, -0.1) is 0 Å². The summed E-state index contributed by atoms with van der Waals surface area (Å²) >= 11 is 0. The van der Waals surface area contributed by atoms with Crippen molar-refractivity contribution in [2.24, 2.45) is 5.92 Å². The van der Waals surface area contributed by atoms with Gasteiger partial charge in [0.25, 0.3) is 5.91 Å². The number of nitrogens with zero attached hydrogens (tertiary/aromatic N) is 1. The molecule has 1 aliphatic heterocycles. The molecule has 3 fully saturated rings. The van der Waals surface area contributed by atoms with Gasteiger partial charge in [-0.25, -0.2) is 0 Å². The van der Waals surface area contributed by atoms with Crippen LogP contribution in [0.5, 0.6) is 0 Å². The predicted octanol–water partition coefficient (Wildman–Crippen LogP) is 3.31. The van der Waals surface area contributed by atoms with Crippen molar-refractivity contribution in [3.05, 3.63) is 23.7 Å². The third kappa shape index (κ3) is 2.47. The van der Waals surface area contributed by atoms with E-state index in [0.717, 1.165) is 62.8 Å². The molecule has 0 aromatic carbocycles. The van der Waals surface area contributed by atoms with E-state index >= 15 is 0 Å². The molecule has 0 unspecified atom stereocenters. The first-order valence-electron chi connectivity index (χ1n) is 8.82. The smallest absolute Gasteiger partial charge is 0.257 e. The van der Waals surface area contributed by atoms with Gasteiger partial charge in [0.15, 0.2) is 0 Å². The molecule has 0 bridgehead atoms. The Bertz CT molecular complexity index is 548. The molecule has 3 aliphatic rings. The molecule has 2 saturated carbocycles. The van der Waals surface area contributed by atoms with Crippen molar-refractivity contribution in [3.8, 4) is 0 Å². The van der Waals surface area contributed by atoms with Crippen molar-refractivity contribution in [1.29, 1.82) is 0 Å². The van der Waals surface area contributed by atoms with E-state index < -0.39 is 0 Å². The van der Waals surface area contributed by atoms with Crippen LogP contribution in [0.3, 0.4) is 0 Å². The van der Waals surface area contributed by atoms with Crippen LogP contribution in [0.1, 0.15) is 73.4 Å². The highest BCUT2D eigenvalue weighted by Crippen LogP contribution is 2.43. The average molecular weight is 303 g/mol. The highest BCUT2D eigenvalue weighted by Gasteiger charge is 2.41. The molecule has 1 saturated heterocycles. The molecule has 2 heterocycles. The summed E-state index contributed by atoms with van der Waals surface area (Å²) in [4.78, 5) is 15.0. The predicted molar refractivity (Wildman–Crippen MR) is 82.7 cm³/mol. The number of carbonyl (C=O) groups excluding carboxylic acids is 1. The van der Waals surface area contributed by atoms with E-state index in [1.165, 1.54) is 6.42 Å². The van der Waals surface area contributed by atoms with Crippen LogP contribution in [0.2, 0.25) is 0 Å². The fourth-order valence-electron chi connectivity index (χ4n) is 4.39. The number of amides is 1. The molecule has 2 aliphatic carbocycles. The van der Waals surface area contributed by atoms with Crippen LogP contribution >= 0.6 is 0 Å². The fraction of sp³-hybridized carbons (Fsp3) is 0.722. The lowest BCUT2D eigenvalue weighted by Gasteiger charge is -2.37. The van der Waals surface area contributed by atoms with Gasteiger partial charge in [0.1, 0.15) is 5.76 Å². The molecular formula is C18H25NO3. The van der Waals surface area contributed by atoms with E-state index in [2.05, 4.69) is 0 Å². The largest absolute Gasteiger partial charge is 0.468 e. The standard InChI is InChI=1S/C18H25NO3/c20-16-6-2-1-4-13(16)15-5-3-10-19(15)18(21)14-9-11-22-17(14)12-7-8-12/h9,11-13,15-16,20H,1-8,10H2/t13-,15+,16+/m0/s1. The minimum absolute atomic E-state index is 0.121. The second-order valence-electron chi connectivity index (χ2n) is 7.20. The lowest BCUT2D eigenvalue weighted by molar-refractivity contribution is 0.0211. The number of hydrogen-bond acceptors (Lipinski definition) is 3. The Kier molecular flexibility index (Phi) is 3.73. The maximum atomic E-state index is 13.0. The van der Waals surface area contributed by atoms with Gasteiger partial charge in [-0.2, -0.15) is 0 Å². The van der Waals surface area contributed by atoms with E-state index in [0.29, 0.717) is 5.92 Å². The Balaban J connectivity index is 1.55. The summed E-state index contributed by atoms with van der Waals surface area (Å²) in [6.07, 6.45) is 10.0. The monoisotopic (exact) mass is 303 g/mol. The second-order valence-corrected chi connectivity index (χ2v) is 7.20. The fourth-order valence-corrected chi connectivity index (χ4v) is 4.39. The van der Waals surface area contributed by atoms with Crippen LogP contribution in [-0.4, -0.2) is 34.6 Å². The number of rotatable bonds is 3. The molecule has 4 nitrogen and oxygen atoms in total. The molecule has 1 amide bonds. The van der Waals surface area contributed by atoms with E-state index in [9.17, 15) is 9.90 Å². The van der Waals surface area contributed by atoms with Gasteiger partial charge in [0, 0.05) is 24.4 Å². The highest BCUT2D eigenvalue weighted by molar-refractivity contribution is 5.95. The van der Waals surface area contributed by atoms with Crippen molar-refractivity contribution in [3.63, 3.8) is 0 Å². The van der Waals surface area contributed by atoms with Gasteiger partial charge in [-0.05, 0) is 44.6 Å². The quantitative estimate of drug-likeness (QED) is 0.932. The summed E-state index contributed by atoms with van der Waals surface area (Å²) in [5, 5.41) is 10.4. The molecular weight excluding hydrogens is 278 g/mol. The van der Waals surface area contributed by atoms with Gasteiger partial charge in [-0.1, -0.05) is 12.8 Å². The SMILES string of the molecule is O=C(c1ccoc1C1CC1)N1CCC[C@@H]1[C@@H]1CCCC[C@H]1O. The van der Waals surface area contributed by atoms with Crippen LogP contribution in [0.15, 0.2) is 16.7 Å². The zero-order chi connectivity index (χ0) is 15.1. The summed E-state index contributed by atoms with van der Waals surface area (Å²) in [6.45, 7) is 0.821. The normalized spacial score (nSPS) is 32.4. The molecule has 1 aromatic heterocycles. The van der Waals surface area contributed by atoms with Crippen LogP contribution in [-0.2, 0) is 0 Å². The maximum absolute atomic E-state index is 13.0. The highest BCUT2D eigenvalue weighted by atomic mass is 16.3. The van der Waals surface area contributed by atoms with Crippen molar-refractivity contribution < 1.29 is 14.3 Å². The summed E-state index contributed by atoms with van der Waals surface area (Å²) in [6, 6.07) is 2.05. The Hall–Kier alpha value is -1.29. The number of carbonyl (C=O) groups is 1. The minimum atomic E-state index is -0.237.